The Morgan fingerprint density at radius 3 is 1.95 bits per heavy atom. The molecule has 0 unspecified atom stereocenters. The first kappa shape index (κ1) is 31.0. The zero-order valence-corrected chi connectivity index (χ0v) is 29.3. The lowest BCUT2D eigenvalue weighted by Crippen LogP contribution is -2.55. The second-order valence-electron chi connectivity index (χ2n) is 17.6. The van der Waals surface area contributed by atoms with Crippen LogP contribution in [0.5, 0.6) is 0 Å². The zero-order chi connectivity index (χ0) is 28.5. The molecule has 0 saturated heterocycles. The van der Waals surface area contributed by atoms with Crippen molar-refractivity contribution in [1.82, 2.24) is 0 Å². The maximum Gasteiger partial charge on any atom is 0.192 e. The molecule has 0 aliphatic heterocycles. The summed E-state index contributed by atoms with van der Waals surface area (Å²) in [7, 11) is -3.63. The van der Waals surface area contributed by atoms with Crippen LogP contribution in [0.4, 0.5) is 0 Å². The molecule has 5 heteroatoms. The van der Waals surface area contributed by atoms with Gasteiger partial charge in [-0.2, -0.15) is 0 Å². The lowest BCUT2D eigenvalue weighted by molar-refractivity contribution is -0.140. The summed E-state index contributed by atoms with van der Waals surface area (Å²) in [5.74, 6) is 3.80. The van der Waals surface area contributed by atoms with Crippen LogP contribution < -0.4 is 0 Å². The highest BCUT2D eigenvalue weighted by atomic mass is 28.4. The summed E-state index contributed by atoms with van der Waals surface area (Å²) in [4.78, 5) is 13.6. The predicted octanol–water partition coefficient (Wildman–Crippen LogP) is 9.63. The number of carbonyl (C=O) groups is 1. The van der Waals surface area contributed by atoms with E-state index in [2.05, 4.69) is 81.6 Å². The topological polar surface area (TPSA) is 35.5 Å². The van der Waals surface area contributed by atoms with Crippen LogP contribution in [0.3, 0.4) is 0 Å². The molecule has 4 rings (SSSR count). The molecule has 0 aromatic heterocycles. The molecule has 0 aromatic rings. The van der Waals surface area contributed by atoms with Crippen molar-refractivity contribution in [3.05, 3.63) is 0 Å². The van der Waals surface area contributed by atoms with Gasteiger partial charge in [0.1, 0.15) is 0 Å². The van der Waals surface area contributed by atoms with E-state index >= 15 is 0 Å². The number of fused-ring (bicyclic) bond motifs is 5. The number of hydrogen-bond acceptors (Lipinski definition) is 3. The minimum atomic E-state index is -1.90. The average Bonchev–Trinajstić information content (AvgIpc) is 3.13. The minimum Gasteiger partial charge on any atom is -0.414 e. The van der Waals surface area contributed by atoms with Crippen LogP contribution in [-0.4, -0.2) is 35.1 Å². The summed E-state index contributed by atoms with van der Waals surface area (Å²) in [5, 5.41) is 0.432. The lowest BCUT2D eigenvalue weighted by Gasteiger charge is -2.61. The third kappa shape index (κ3) is 5.33. The highest BCUT2D eigenvalue weighted by Gasteiger charge is 2.61. The van der Waals surface area contributed by atoms with Crippen molar-refractivity contribution in [2.75, 3.05) is 6.61 Å². The molecular formula is C33H62O3Si2. The van der Waals surface area contributed by atoms with Crippen molar-refractivity contribution in [2.45, 2.75) is 156 Å². The fourth-order valence-corrected chi connectivity index (χ4v) is 11.4. The molecule has 0 bridgehead atoms. The first-order valence-electron chi connectivity index (χ1n) is 16.1. The van der Waals surface area contributed by atoms with E-state index in [4.69, 9.17) is 8.85 Å². The number of hydrogen-bond donors (Lipinski definition) is 0. The molecule has 3 nitrogen and oxygen atoms in total. The van der Waals surface area contributed by atoms with Gasteiger partial charge in [-0.15, -0.1) is 0 Å². The summed E-state index contributed by atoms with van der Waals surface area (Å²) in [6, 6.07) is 0. The van der Waals surface area contributed by atoms with Gasteiger partial charge in [0.25, 0.3) is 0 Å². The van der Waals surface area contributed by atoms with Gasteiger partial charge in [-0.3, -0.25) is 4.79 Å². The van der Waals surface area contributed by atoms with Crippen molar-refractivity contribution in [1.29, 1.82) is 0 Å². The van der Waals surface area contributed by atoms with Gasteiger partial charge in [-0.25, -0.2) is 0 Å². The Bertz CT molecular complexity index is 884. The minimum absolute atomic E-state index is 0.149. The predicted molar refractivity (Wildman–Crippen MR) is 165 cm³/mol. The number of Topliss-reactive ketones (excluding diaryl/α,β-unsaturated/α-hetero) is 1. The quantitative estimate of drug-likeness (QED) is 0.302. The maximum atomic E-state index is 13.6. The molecule has 4 aliphatic rings. The Morgan fingerprint density at radius 1 is 0.763 bits per heavy atom. The van der Waals surface area contributed by atoms with Crippen molar-refractivity contribution >= 4 is 22.4 Å². The molecule has 0 heterocycles. The van der Waals surface area contributed by atoms with Gasteiger partial charge in [0.15, 0.2) is 22.4 Å². The van der Waals surface area contributed by atoms with E-state index in [1.165, 1.54) is 51.4 Å². The van der Waals surface area contributed by atoms with Crippen LogP contribution in [0, 0.1) is 40.4 Å². The third-order valence-corrected chi connectivity index (χ3v) is 22.7. The van der Waals surface area contributed by atoms with Gasteiger partial charge in [-0.05, 0) is 129 Å². The molecule has 0 radical (unpaired) electrons. The van der Waals surface area contributed by atoms with Gasteiger partial charge in [0.05, 0.1) is 6.61 Å². The van der Waals surface area contributed by atoms with Crippen LogP contribution in [0.15, 0.2) is 0 Å². The summed E-state index contributed by atoms with van der Waals surface area (Å²) >= 11 is 0. The Hall–Kier alpha value is 0.0238. The van der Waals surface area contributed by atoms with Gasteiger partial charge in [0.2, 0.25) is 0 Å². The SMILES string of the molecule is CC(C)(C)[Si](C)(C)OCC(=O)[C@H]1CC[C@H]2[C@@H]3CC[C@H]4C[C@H](O[Si](C)(C)C(C)(C)C)CC[C@]4(C)[C@H]3CC[C@]12C. The van der Waals surface area contributed by atoms with Crippen LogP contribution in [0.25, 0.3) is 0 Å². The van der Waals surface area contributed by atoms with Gasteiger partial charge < -0.3 is 8.85 Å². The van der Waals surface area contributed by atoms with Crippen LogP contribution in [-0.2, 0) is 13.6 Å². The first-order valence-corrected chi connectivity index (χ1v) is 21.9. The Labute approximate surface area is 238 Å². The van der Waals surface area contributed by atoms with E-state index in [-0.39, 0.29) is 21.4 Å². The van der Waals surface area contributed by atoms with E-state index in [9.17, 15) is 4.79 Å². The molecule has 0 amide bonds. The normalized spacial score (nSPS) is 40.3. The van der Waals surface area contributed by atoms with Crippen LogP contribution >= 0.6 is 0 Å². The van der Waals surface area contributed by atoms with E-state index in [0.717, 1.165) is 30.1 Å². The van der Waals surface area contributed by atoms with E-state index in [1.54, 1.807) is 0 Å². The fraction of sp³-hybridized carbons (Fsp3) is 0.970. The fourth-order valence-electron chi connectivity index (χ4n) is 9.02. The monoisotopic (exact) mass is 562 g/mol. The number of ketones is 1. The van der Waals surface area contributed by atoms with E-state index in [0.29, 0.717) is 23.9 Å². The van der Waals surface area contributed by atoms with Gasteiger partial charge in [-0.1, -0.05) is 55.4 Å². The molecule has 0 aromatic carbocycles. The summed E-state index contributed by atoms with van der Waals surface area (Å²) in [6.45, 7) is 28.8. The largest absolute Gasteiger partial charge is 0.414 e. The van der Waals surface area contributed by atoms with Crippen molar-refractivity contribution in [3.8, 4) is 0 Å². The molecule has 0 spiro atoms. The molecule has 0 N–H and O–H groups in total. The van der Waals surface area contributed by atoms with Crippen molar-refractivity contribution < 1.29 is 13.6 Å². The zero-order valence-electron chi connectivity index (χ0n) is 27.3. The second kappa shape index (κ2) is 10.1. The first-order chi connectivity index (χ1) is 17.2. The summed E-state index contributed by atoms with van der Waals surface area (Å²) in [5.41, 5.74) is 0.645. The molecule has 8 atom stereocenters. The Balaban J connectivity index is 1.42. The third-order valence-electron chi connectivity index (χ3n) is 13.7. The van der Waals surface area contributed by atoms with Crippen LogP contribution in [0.2, 0.25) is 36.3 Å². The standard InChI is InChI=1S/C33H62O3Si2/c1-30(2,3)37(9,10)35-22-29(34)28-16-15-26-25-14-13-23-21-24(36-38(11,12)31(4,5)6)17-19-32(23,7)27(25)18-20-33(26,28)8/h23-28H,13-22H2,1-12H3/t23-,24+,25-,26-,27-,28+,32-,33-/m0/s1. The molecule has 4 fully saturated rings. The van der Waals surface area contributed by atoms with Crippen molar-refractivity contribution in [2.24, 2.45) is 40.4 Å². The molecule has 220 valence electrons. The highest BCUT2D eigenvalue weighted by molar-refractivity contribution is 6.74. The van der Waals surface area contributed by atoms with E-state index < -0.39 is 16.6 Å². The lowest BCUT2D eigenvalue weighted by atomic mass is 9.44. The van der Waals surface area contributed by atoms with Crippen molar-refractivity contribution in [3.63, 3.8) is 0 Å². The number of carbonyl (C=O) groups excluding carboxylic acids is 1. The molecular weight excluding hydrogens is 501 g/mol. The highest BCUT2D eigenvalue weighted by Crippen LogP contribution is 2.67. The Kier molecular flexibility index (Phi) is 8.22. The summed E-state index contributed by atoms with van der Waals surface area (Å²) in [6.07, 6.45) is 12.0. The second-order valence-corrected chi connectivity index (χ2v) is 27.2. The average molecular weight is 563 g/mol. The summed E-state index contributed by atoms with van der Waals surface area (Å²) < 4.78 is 13.4. The van der Waals surface area contributed by atoms with Crippen LogP contribution in [0.1, 0.15) is 113 Å². The molecule has 38 heavy (non-hydrogen) atoms. The van der Waals surface area contributed by atoms with Gasteiger partial charge >= 0.3 is 0 Å². The van der Waals surface area contributed by atoms with E-state index in [1.807, 2.05) is 0 Å². The smallest absolute Gasteiger partial charge is 0.192 e. The maximum absolute atomic E-state index is 13.6. The molecule has 4 saturated carbocycles. The molecule has 4 aliphatic carbocycles. The number of rotatable bonds is 6. The van der Waals surface area contributed by atoms with Gasteiger partial charge in [0, 0.05) is 12.0 Å². The Morgan fingerprint density at radius 2 is 1.34 bits per heavy atom.